The predicted molar refractivity (Wildman–Crippen MR) is 105 cm³/mol. The number of carbonyl (C=O) groups is 1. The number of nitrogens with zero attached hydrogens (tertiary/aromatic N) is 2. The van der Waals surface area contributed by atoms with E-state index in [-0.39, 0.29) is 5.91 Å². The lowest BCUT2D eigenvalue weighted by Gasteiger charge is -2.27. The fraction of sp³-hybridized carbons (Fsp3) is 0.429. The normalized spacial score (nSPS) is 14.1. The molecule has 0 atom stereocenters. The van der Waals surface area contributed by atoms with Gasteiger partial charge in [0, 0.05) is 19.5 Å². The van der Waals surface area contributed by atoms with E-state index >= 15 is 0 Å². The molecular formula is C21H27N3O2. The van der Waals surface area contributed by atoms with Gasteiger partial charge in [-0.2, -0.15) is 0 Å². The van der Waals surface area contributed by atoms with Gasteiger partial charge in [0.05, 0.1) is 18.5 Å². The Kier molecular flexibility index (Phi) is 6.47. The molecule has 0 aliphatic carbocycles. The van der Waals surface area contributed by atoms with E-state index in [4.69, 9.17) is 4.74 Å². The van der Waals surface area contributed by atoms with Crippen molar-refractivity contribution in [1.82, 2.24) is 4.98 Å². The van der Waals surface area contributed by atoms with Gasteiger partial charge in [-0.3, -0.25) is 4.79 Å². The van der Waals surface area contributed by atoms with Crippen LogP contribution in [0, 0.1) is 6.92 Å². The van der Waals surface area contributed by atoms with Gasteiger partial charge in [-0.05, 0) is 62.4 Å². The smallest absolute Gasteiger partial charge is 0.224 e. The summed E-state index contributed by atoms with van der Waals surface area (Å²) in [6.45, 7) is 4.70. The Balaban J connectivity index is 1.39. The van der Waals surface area contributed by atoms with E-state index < -0.39 is 0 Å². The zero-order valence-corrected chi connectivity index (χ0v) is 15.4. The maximum absolute atomic E-state index is 12.1. The van der Waals surface area contributed by atoms with Crippen LogP contribution < -0.4 is 15.0 Å². The molecule has 3 rings (SSSR count). The third kappa shape index (κ3) is 5.48. The van der Waals surface area contributed by atoms with E-state index in [9.17, 15) is 4.79 Å². The molecule has 0 radical (unpaired) electrons. The summed E-state index contributed by atoms with van der Waals surface area (Å²) in [5.74, 6) is 1.84. The predicted octanol–water partition coefficient (Wildman–Crippen LogP) is 4.18. The van der Waals surface area contributed by atoms with Crippen LogP contribution >= 0.6 is 0 Å². The Hall–Kier alpha value is -2.56. The maximum atomic E-state index is 12.1. The third-order valence-corrected chi connectivity index (χ3v) is 4.52. The number of carbonyl (C=O) groups excluding carboxylic acids is 1. The van der Waals surface area contributed by atoms with Crippen LogP contribution in [0.5, 0.6) is 5.75 Å². The minimum Gasteiger partial charge on any atom is -0.494 e. The molecule has 1 N–H and O–H groups in total. The second-order valence-corrected chi connectivity index (χ2v) is 6.77. The Morgan fingerprint density at radius 3 is 2.77 bits per heavy atom. The molecule has 2 heterocycles. The lowest BCUT2D eigenvalue weighted by atomic mass is 10.1. The number of aromatic nitrogens is 1. The second-order valence-electron chi connectivity index (χ2n) is 6.77. The molecule has 1 fully saturated rings. The first-order chi connectivity index (χ1) is 12.7. The highest BCUT2D eigenvalue weighted by Gasteiger charge is 2.12. The van der Waals surface area contributed by atoms with Crippen molar-refractivity contribution in [3.05, 3.63) is 48.2 Å². The van der Waals surface area contributed by atoms with Crippen LogP contribution in [0.15, 0.2) is 42.6 Å². The zero-order valence-electron chi connectivity index (χ0n) is 15.4. The van der Waals surface area contributed by atoms with Crippen molar-refractivity contribution in [2.24, 2.45) is 0 Å². The van der Waals surface area contributed by atoms with E-state index in [2.05, 4.69) is 15.2 Å². The van der Waals surface area contributed by atoms with E-state index in [1.54, 1.807) is 6.20 Å². The summed E-state index contributed by atoms with van der Waals surface area (Å²) in [6.07, 6.45) is 6.61. The molecule has 1 aliphatic rings. The van der Waals surface area contributed by atoms with Crippen LogP contribution in [-0.2, 0) is 4.79 Å². The van der Waals surface area contributed by atoms with Gasteiger partial charge in [0.2, 0.25) is 5.91 Å². The lowest BCUT2D eigenvalue weighted by molar-refractivity contribution is -0.116. The Bertz CT molecular complexity index is 709. The van der Waals surface area contributed by atoms with Gasteiger partial charge in [0.1, 0.15) is 11.6 Å². The molecule has 1 aromatic heterocycles. The van der Waals surface area contributed by atoms with Crippen molar-refractivity contribution in [2.45, 2.75) is 39.0 Å². The van der Waals surface area contributed by atoms with Gasteiger partial charge in [-0.15, -0.1) is 0 Å². The molecule has 0 bridgehead atoms. The van der Waals surface area contributed by atoms with Gasteiger partial charge >= 0.3 is 0 Å². The summed E-state index contributed by atoms with van der Waals surface area (Å²) in [6, 6.07) is 11.8. The van der Waals surface area contributed by atoms with Crippen molar-refractivity contribution in [3.8, 4) is 5.75 Å². The summed E-state index contributed by atoms with van der Waals surface area (Å²) in [7, 11) is 0. The summed E-state index contributed by atoms with van der Waals surface area (Å²) in [5, 5.41) is 2.90. The average Bonchev–Trinajstić information content (AvgIpc) is 2.67. The summed E-state index contributed by atoms with van der Waals surface area (Å²) in [4.78, 5) is 18.8. The van der Waals surface area contributed by atoms with E-state index in [0.717, 1.165) is 30.3 Å². The number of amides is 1. The largest absolute Gasteiger partial charge is 0.494 e. The van der Waals surface area contributed by atoms with Crippen LogP contribution in [0.4, 0.5) is 11.5 Å². The fourth-order valence-electron chi connectivity index (χ4n) is 3.12. The van der Waals surface area contributed by atoms with E-state index in [1.807, 2.05) is 43.3 Å². The quantitative estimate of drug-likeness (QED) is 0.759. The topological polar surface area (TPSA) is 54.5 Å². The molecule has 0 saturated carbocycles. The minimum absolute atomic E-state index is 0.00892. The van der Waals surface area contributed by atoms with Gasteiger partial charge in [0.25, 0.3) is 0 Å². The first-order valence-corrected chi connectivity index (χ1v) is 9.41. The molecule has 1 amide bonds. The number of benzene rings is 1. The zero-order chi connectivity index (χ0) is 18.2. The average molecular weight is 353 g/mol. The van der Waals surface area contributed by atoms with Gasteiger partial charge in [-0.25, -0.2) is 4.98 Å². The first kappa shape index (κ1) is 18.2. The summed E-state index contributed by atoms with van der Waals surface area (Å²) < 4.78 is 5.67. The first-order valence-electron chi connectivity index (χ1n) is 9.41. The molecule has 26 heavy (non-hydrogen) atoms. The molecule has 5 heteroatoms. The van der Waals surface area contributed by atoms with Crippen molar-refractivity contribution in [1.29, 1.82) is 0 Å². The van der Waals surface area contributed by atoms with Crippen molar-refractivity contribution in [3.63, 3.8) is 0 Å². The number of rotatable bonds is 7. The molecular weight excluding hydrogens is 326 g/mol. The van der Waals surface area contributed by atoms with E-state index in [1.165, 1.54) is 24.8 Å². The van der Waals surface area contributed by atoms with Crippen molar-refractivity contribution < 1.29 is 9.53 Å². The highest BCUT2D eigenvalue weighted by atomic mass is 16.5. The maximum Gasteiger partial charge on any atom is 0.224 e. The number of piperidine rings is 1. The molecule has 1 aromatic carbocycles. The molecule has 138 valence electrons. The number of anilines is 2. The molecule has 2 aromatic rings. The Morgan fingerprint density at radius 2 is 2.04 bits per heavy atom. The Labute approximate surface area is 155 Å². The Morgan fingerprint density at radius 1 is 1.19 bits per heavy atom. The van der Waals surface area contributed by atoms with Crippen LogP contribution in [0.3, 0.4) is 0 Å². The molecule has 0 unspecified atom stereocenters. The molecule has 1 saturated heterocycles. The summed E-state index contributed by atoms with van der Waals surface area (Å²) >= 11 is 0. The number of hydrogen-bond donors (Lipinski definition) is 1. The molecule has 1 aliphatic heterocycles. The van der Waals surface area contributed by atoms with Crippen molar-refractivity contribution >= 4 is 17.4 Å². The minimum atomic E-state index is -0.00892. The van der Waals surface area contributed by atoms with Gasteiger partial charge < -0.3 is 15.0 Å². The molecule has 0 spiro atoms. The number of pyridine rings is 1. The van der Waals surface area contributed by atoms with Crippen molar-refractivity contribution in [2.75, 3.05) is 29.9 Å². The number of aryl methyl sites for hydroxylation is 1. The summed E-state index contributed by atoms with van der Waals surface area (Å²) in [5.41, 5.74) is 1.91. The van der Waals surface area contributed by atoms with Crippen LogP contribution in [0.1, 0.15) is 37.7 Å². The number of ether oxygens (including phenoxy) is 1. The highest BCUT2D eigenvalue weighted by Crippen LogP contribution is 2.19. The highest BCUT2D eigenvalue weighted by molar-refractivity contribution is 5.90. The standard InChI is InChI=1S/C21H27N3O2/c1-17-7-5-8-19(15-17)26-14-6-9-21(25)23-18-10-11-20(22-16-18)24-12-3-2-4-13-24/h5,7-8,10-11,15-16H,2-4,6,9,12-14H2,1H3,(H,23,25). The van der Waals surface area contributed by atoms with Gasteiger partial charge in [0.15, 0.2) is 0 Å². The lowest BCUT2D eigenvalue weighted by Crippen LogP contribution is -2.30. The SMILES string of the molecule is Cc1cccc(OCCCC(=O)Nc2ccc(N3CCCCC3)nc2)c1. The fourth-order valence-corrected chi connectivity index (χ4v) is 3.12. The number of nitrogens with one attached hydrogen (secondary N) is 1. The van der Waals surface area contributed by atoms with Crippen LogP contribution in [0.25, 0.3) is 0 Å². The second kappa shape index (κ2) is 9.22. The van der Waals surface area contributed by atoms with E-state index in [0.29, 0.717) is 19.4 Å². The monoisotopic (exact) mass is 353 g/mol. The molecule has 5 nitrogen and oxygen atoms in total. The number of hydrogen-bond acceptors (Lipinski definition) is 4. The van der Waals surface area contributed by atoms with Gasteiger partial charge in [-0.1, -0.05) is 12.1 Å². The third-order valence-electron chi connectivity index (χ3n) is 4.52. The van der Waals surface area contributed by atoms with Crippen LogP contribution in [0.2, 0.25) is 0 Å². The van der Waals surface area contributed by atoms with Crippen LogP contribution in [-0.4, -0.2) is 30.6 Å².